The average molecular weight is 346 g/mol. The number of halogens is 2. The summed E-state index contributed by atoms with van der Waals surface area (Å²) in [7, 11) is 0. The van der Waals surface area contributed by atoms with Gasteiger partial charge in [0.2, 0.25) is 0 Å². The lowest BCUT2D eigenvalue weighted by molar-refractivity contribution is 0.308. The Morgan fingerprint density at radius 1 is 1.53 bits per heavy atom. The minimum Gasteiger partial charge on any atom is -0.324 e. The number of rotatable bonds is 5. The van der Waals surface area contributed by atoms with Crippen molar-refractivity contribution < 1.29 is 0 Å². The van der Waals surface area contributed by atoms with Crippen LogP contribution in [0.1, 0.15) is 37.8 Å². The molecule has 0 saturated carbocycles. The van der Waals surface area contributed by atoms with Gasteiger partial charge in [-0.05, 0) is 49.5 Å². The smallest absolute Gasteiger partial charge is 0.0464 e. The Hall–Kier alpha value is -0.0900. The van der Waals surface area contributed by atoms with E-state index in [1.54, 1.807) is 0 Å². The van der Waals surface area contributed by atoms with Gasteiger partial charge in [-0.1, -0.05) is 46.9 Å². The molecule has 4 heteroatoms. The highest BCUT2D eigenvalue weighted by Gasteiger charge is 2.21. The van der Waals surface area contributed by atoms with Crippen molar-refractivity contribution in [2.75, 3.05) is 19.6 Å². The Morgan fingerprint density at radius 3 is 2.95 bits per heavy atom. The van der Waals surface area contributed by atoms with Crippen molar-refractivity contribution in [3.05, 3.63) is 33.3 Å². The van der Waals surface area contributed by atoms with Crippen LogP contribution in [0.25, 0.3) is 0 Å². The van der Waals surface area contributed by atoms with Crippen LogP contribution >= 0.6 is 27.5 Å². The standard InChI is InChI=1S/C15H22BrClN2/c1-2-11-5-7-19(10-11)8-6-15(18)13-4-3-12(16)9-14(13)17/h3-4,9,11,15H,2,5-8,10,18H2,1H3. The van der Waals surface area contributed by atoms with Gasteiger partial charge in [-0.25, -0.2) is 0 Å². The van der Waals surface area contributed by atoms with Crippen molar-refractivity contribution in [3.63, 3.8) is 0 Å². The average Bonchev–Trinajstić information content (AvgIpc) is 2.84. The second-order valence-corrected chi connectivity index (χ2v) is 6.75. The monoisotopic (exact) mass is 344 g/mol. The van der Waals surface area contributed by atoms with Gasteiger partial charge < -0.3 is 10.6 Å². The van der Waals surface area contributed by atoms with Gasteiger partial charge in [-0.15, -0.1) is 0 Å². The molecule has 1 aromatic carbocycles. The molecule has 1 heterocycles. The van der Waals surface area contributed by atoms with Gasteiger partial charge in [0.25, 0.3) is 0 Å². The summed E-state index contributed by atoms with van der Waals surface area (Å²) in [5.41, 5.74) is 7.32. The summed E-state index contributed by atoms with van der Waals surface area (Å²) in [6.07, 6.45) is 3.60. The van der Waals surface area contributed by atoms with E-state index in [1.165, 1.54) is 25.9 Å². The molecular weight excluding hydrogens is 324 g/mol. The molecule has 1 aromatic rings. The summed E-state index contributed by atoms with van der Waals surface area (Å²) in [5.74, 6) is 0.882. The first-order valence-electron chi connectivity index (χ1n) is 7.03. The summed E-state index contributed by atoms with van der Waals surface area (Å²) in [6.45, 7) is 5.81. The van der Waals surface area contributed by atoms with E-state index in [-0.39, 0.29) is 6.04 Å². The molecule has 2 nitrogen and oxygen atoms in total. The minimum absolute atomic E-state index is 0.0290. The van der Waals surface area contributed by atoms with Crippen LogP contribution in [0.2, 0.25) is 5.02 Å². The Bertz CT molecular complexity index is 425. The van der Waals surface area contributed by atoms with E-state index in [2.05, 4.69) is 27.8 Å². The van der Waals surface area contributed by atoms with Gasteiger partial charge in [0.1, 0.15) is 0 Å². The third kappa shape index (κ3) is 4.19. The Balaban J connectivity index is 1.86. The quantitative estimate of drug-likeness (QED) is 0.865. The van der Waals surface area contributed by atoms with Gasteiger partial charge in [-0.2, -0.15) is 0 Å². The van der Waals surface area contributed by atoms with Gasteiger partial charge in [0.05, 0.1) is 0 Å². The zero-order valence-corrected chi connectivity index (χ0v) is 13.8. The summed E-state index contributed by atoms with van der Waals surface area (Å²) in [5, 5.41) is 0.759. The zero-order valence-electron chi connectivity index (χ0n) is 11.4. The van der Waals surface area contributed by atoms with E-state index in [0.717, 1.165) is 33.9 Å². The van der Waals surface area contributed by atoms with E-state index < -0.39 is 0 Å². The van der Waals surface area contributed by atoms with Crippen LogP contribution in [0.15, 0.2) is 22.7 Å². The number of nitrogens with zero attached hydrogens (tertiary/aromatic N) is 1. The van der Waals surface area contributed by atoms with Crippen LogP contribution in [0, 0.1) is 5.92 Å². The Kier molecular flexibility index (Phi) is 5.70. The molecule has 1 fully saturated rings. The van der Waals surface area contributed by atoms with Gasteiger partial charge in [-0.3, -0.25) is 0 Å². The largest absolute Gasteiger partial charge is 0.324 e. The van der Waals surface area contributed by atoms with E-state index in [9.17, 15) is 0 Å². The second kappa shape index (κ2) is 7.07. The summed E-state index contributed by atoms with van der Waals surface area (Å²) in [6, 6.07) is 5.97. The first-order valence-corrected chi connectivity index (χ1v) is 8.20. The highest BCUT2D eigenvalue weighted by molar-refractivity contribution is 9.10. The maximum Gasteiger partial charge on any atom is 0.0464 e. The number of nitrogens with two attached hydrogens (primary N) is 1. The van der Waals surface area contributed by atoms with Gasteiger partial charge >= 0.3 is 0 Å². The topological polar surface area (TPSA) is 29.3 Å². The summed E-state index contributed by atoms with van der Waals surface area (Å²) >= 11 is 9.66. The number of likely N-dealkylation sites (tertiary alicyclic amines) is 1. The van der Waals surface area contributed by atoms with Crippen LogP contribution in [-0.4, -0.2) is 24.5 Å². The highest BCUT2D eigenvalue weighted by atomic mass is 79.9. The molecule has 1 aliphatic rings. The molecule has 106 valence electrons. The predicted octanol–water partition coefficient (Wildman–Crippen LogP) is 4.22. The Morgan fingerprint density at radius 2 is 2.32 bits per heavy atom. The van der Waals surface area contributed by atoms with Crippen LogP contribution in [-0.2, 0) is 0 Å². The fourth-order valence-corrected chi connectivity index (χ4v) is 3.54. The van der Waals surface area contributed by atoms with Crippen LogP contribution in [0.3, 0.4) is 0 Å². The normalized spacial score (nSPS) is 21.8. The van der Waals surface area contributed by atoms with Crippen molar-refractivity contribution in [1.29, 1.82) is 0 Å². The van der Waals surface area contributed by atoms with E-state index in [4.69, 9.17) is 17.3 Å². The predicted molar refractivity (Wildman–Crippen MR) is 85.5 cm³/mol. The van der Waals surface area contributed by atoms with Crippen molar-refractivity contribution in [1.82, 2.24) is 4.90 Å². The molecule has 2 atom stereocenters. The van der Waals surface area contributed by atoms with Crippen LogP contribution in [0.5, 0.6) is 0 Å². The summed E-state index contributed by atoms with van der Waals surface area (Å²) in [4.78, 5) is 2.53. The third-order valence-electron chi connectivity index (χ3n) is 4.07. The number of hydrogen-bond acceptors (Lipinski definition) is 2. The molecule has 0 bridgehead atoms. The van der Waals surface area contributed by atoms with Crippen LogP contribution in [0.4, 0.5) is 0 Å². The number of hydrogen-bond donors (Lipinski definition) is 1. The molecule has 2 N–H and O–H groups in total. The molecule has 2 unspecified atom stereocenters. The maximum absolute atomic E-state index is 6.26. The number of benzene rings is 1. The van der Waals surface area contributed by atoms with E-state index in [0.29, 0.717) is 0 Å². The third-order valence-corrected chi connectivity index (χ3v) is 4.89. The highest BCUT2D eigenvalue weighted by Crippen LogP contribution is 2.27. The Labute approximate surface area is 129 Å². The SMILES string of the molecule is CCC1CCN(CCC(N)c2ccc(Br)cc2Cl)C1. The minimum atomic E-state index is 0.0290. The fraction of sp³-hybridized carbons (Fsp3) is 0.600. The van der Waals surface area contributed by atoms with E-state index in [1.807, 2.05) is 18.2 Å². The van der Waals surface area contributed by atoms with Crippen molar-refractivity contribution in [2.24, 2.45) is 11.7 Å². The van der Waals surface area contributed by atoms with Gasteiger partial charge in [0, 0.05) is 22.1 Å². The molecule has 1 aliphatic heterocycles. The molecule has 19 heavy (non-hydrogen) atoms. The first kappa shape index (κ1) is 15.3. The maximum atomic E-state index is 6.26. The second-order valence-electron chi connectivity index (χ2n) is 5.42. The molecule has 0 aromatic heterocycles. The summed E-state index contributed by atoms with van der Waals surface area (Å²) < 4.78 is 0.999. The molecule has 0 amide bonds. The van der Waals surface area contributed by atoms with Crippen molar-refractivity contribution >= 4 is 27.5 Å². The van der Waals surface area contributed by atoms with Crippen molar-refractivity contribution in [2.45, 2.75) is 32.2 Å². The van der Waals surface area contributed by atoms with E-state index >= 15 is 0 Å². The lowest BCUT2D eigenvalue weighted by Gasteiger charge is -2.19. The van der Waals surface area contributed by atoms with Crippen molar-refractivity contribution in [3.8, 4) is 0 Å². The molecule has 0 radical (unpaired) electrons. The molecule has 1 saturated heterocycles. The lowest BCUT2D eigenvalue weighted by Crippen LogP contribution is -2.25. The van der Waals surface area contributed by atoms with Gasteiger partial charge in [0.15, 0.2) is 0 Å². The molecule has 2 rings (SSSR count). The molecule has 0 aliphatic carbocycles. The molecular formula is C15H22BrClN2. The van der Waals surface area contributed by atoms with Crippen LogP contribution < -0.4 is 5.73 Å². The fourth-order valence-electron chi connectivity index (χ4n) is 2.73. The molecule has 0 spiro atoms. The first-order chi connectivity index (χ1) is 9.10. The zero-order chi connectivity index (χ0) is 13.8. The lowest BCUT2D eigenvalue weighted by atomic mass is 10.0.